The second-order valence-corrected chi connectivity index (χ2v) is 7.67. The highest BCUT2D eigenvalue weighted by molar-refractivity contribution is 7.90. The molecule has 0 bridgehead atoms. The van der Waals surface area contributed by atoms with Crippen LogP contribution >= 0.6 is 0 Å². The van der Waals surface area contributed by atoms with Crippen LogP contribution in [0, 0.1) is 5.41 Å². The molecule has 0 saturated carbocycles. The summed E-state index contributed by atoms with van der Waals surface area (Å²) >= 11 is 0. The monoisotopic (exact) mass is 261 g/mol. The van der Waals surface area contributed by atoms with Crippen molar-refractivity contribution in [3.63, 3.8) is 0 Å². The van der Waals surface area contributed by atoms with Crippen molar-refractivity contribution >= 4 is 9.84 Å². The Morgan fingerprint density at radius 3 is 2.29 bits per heavy atom. The van der Waals surface area contributed by atoms with Crippen molar-refractivity contribution in [2.75, 3.05) is 6.26 Å². The molecule has 0 fully saturated rings. The number of nitrogens with two attached hydrogens (primary N) is 1. The van der Waals surface area contributed by atoms with Gasteiger partial charge in [-0.2, -0.15) is 4.98 Å². The van der Waals surface area contributed by atoms with Crippen molar-refractivity contribution in [3.8, 4) is 0 Å². The van der Waals surface area contributed by atoms with Gasteiger partial charge in [0, 0.05) is 6.26 Å². The molecule has 2 unspecified atom stereocenters. The second-order valence-electron chi connectivity index (χ2n) is 5.31. The minimum Gasteiger partial charge on any atom is -0.338 e. The molecule has 2 N–H and O–H groups in total. The average molecular weight is 261 g/mol. The van der Waals surface area contributed by atoms with Crippen LogP contribution in [-0.4, -0.2) is 24.8 Å². The highest BCUT2D eigenvalue weighted by atomic mass is 32.2. The van der Waals surface area contributed by atoms with Gasteiger partial charge in [0.25, 0.3) is 0 Å². The maximum Gasteiger partial charge on any atom is 0.244 e. The topological polar surface area (TPSA) is 99.1 Å². The maximum absolute atomic E-state index is 11.4. The van der Waals surface area contributed by atoms with Crippen LogP contribution in [0.3, 0.4) is 0 Å². The first-order chi connectivity index (χ1) is 7.53. The zero-order chi connectivity index (χ0) is 13.4. The van der Waals surface area contributed by atoms with Gasteiger partial charge >= 0.3 is 0 Å². The van der Waals surface area contributed by atoms with Gasteiger partial charge in [-0.1, -0.05) is 25.9 Å². The van der Waals surface area contributed by atoms with Crippen LogP contribution in [0.2, 0.25) is 0 Å². The van der Waals surface area contributed by atoms with Gasteiger partial charge in [0.05, 0.1) is 6.04 Å². The summed E-state index contributed by atoms with van der Waals surface area (Å²) in [7, 11) is -3.23. The van der Waals surface area contributed by atoms with Gasteiger partial charge in [-0.15, -0.1) is 0 Å². The lowest BCUT2D eigenvalue weighted by molar-refractivity contribution is 0.252. The summed E-state index contributed by atoms with van der Waals surface area (Å²) in [6.45, 7) is 7.36. The minimum atomic E-state index is -3.23. The number of sulfone groups is 1. The molecule has 0 amide bonds. The number of hydrogen-bond acceptors (Lipinski definition) is 6. The predicted molar refractivity (Wildman–Crippen MR) is 63.9 cm³/mol. The highest BCUT2D eigenvalue weighted by Crippen LogP contribution is 2.30. The first-order valence-corrected chi connectivity index (χ1v) is 7.27. The van der Waals surface area contributed by atoms with Crippen LogP contribution in [0.4, 0.5) is 0 Å². The van der Waals surface area contributed by atoms with E-state index in [4.69, 9.17) is 10.3 Å². The zero-order valence-electron chi connectivity index (χ0n) is 10.8. The third-order valence-electron chi connectivity index (χ3n) is 2.66. The van der Waals surface area contributed by atoms with Gasteiger partial charge in [0.1, 0.15) is 5.25 Å². The van der Waals surface area contributed by atoms with Crippen LogP contribution in [0.5, 0.6) is 0 Å². The molecule has 0 spiro atoms. The molecular weight excluding hydrogens is 242 g/mol. The van der Waals surface area contributed by atoms with E-state index in [0.717, 1.165) is 6.26 Å². The third kappa shape index (κ3) is 3.26. The summed E-state index contributed by atoms with van der Waals surface area (Å²) in [5, 5.41) is 2.89. The summed E-state index contributed by atoms with van der Waals surface area (Å²) in [6, 6.07) is -0.421. The van der Waals surface area contributed by atoms with E-state index in [2.05, 4.69) is 10.1 Å². The highest BCUT2D eigenvalue weighted by Gasteiger charge is 2.30. The van der Waals surface area contributed by atoms with Gasteiger partial charge < -0.3 is 10.3 Å². The average Bonchev–Trinajstić information content (AvgIpc) is 2.60. The van der Waals surface area contributed by atoms with Crippen LogP contribution < -0.4 is 5.73 Å². The smallest absolute Gasteiger partial charge is 0.244 e. The molecule has 1 aromatic rings. The molecule has 1 heterocycles. The minimum absolute atomic E-state index is 0.155. The van der Waals surface area contributed by atoms with Crippen molar-refractivity contribution in [2.24, 2.45) is 11.1 Å². The standard InChI is InChI=1S/C10H19N3O3S/c1-6(17(5,14)15)8-12-9(16-13-8)7(11)10(2,3)4/h6-7H,11H2,1-5H3. The summed E-state index contributed by atoms with van der Waals surface area (Å²) in [5.41, 5.74) is 5.72. The molecule has 0 aliphatic heterocycles. The Labute approximate surface area is 102 Å². The molecule has 2 atom stereocenters. The Hall–Kier alpha value is -0.950. The fourth-order valence-electron chi connectivity index (χ4n) is 1.10. The van der Waals surface area contributed by atoms with E-state index in [-0.39, 0.29) is 17.1 Å². The third-order valence-corrected chi connectivity index (χ3v) is 4.16. The van der Waals surface area contributed by atoms with Crippen molar-refractivity contribution in [3.05, 3.63) is 11.7 Å². The Balaban J connectivity index is 3.01. The van der Waals surface area contributed by atoms with Crippen LogP contribution in [0.15, 0.2) is 4.52 Å². The lowest BCUT2D eigenvalue weighted by Crippen LogP contribution is -2.26. The van der Waals surface area contributed by atoms with E-state index in [0.29, 0.717) is 0 Å². The van der Waals surface area contributed by atoms with Crippen LogP contribution in [0.1, 0.15) is 50.7 Å². The molecule has 1 rings (SSSR count). The van der Waals surface area contributed by atoms with Gasteiger partial charge in [-0.05, 0) is 12.3 Å². The lowest BCUT2D eigenvalue weighted by Gasteiger charge is -2.23. The molecule has 0 aliphatic carbocycles. The zero-order valence-corrected chi connectivity index (χ0v) is 11.6. The fraction of sp³-hybridized carbons (Fsp3) is 0.800. The number of nitrogens with zero attached hydrogens (tertiary/aromatic N) is 2. The molecule has 0 aromatic carbocycles. The summed E-state index contributed by atoms with van der Waals surface area (Å²) < 4.78 is 27.7. The Morgan fingerprint density at radius 2 is 1.88 bits per heavy atom. The largest absolute Gasteiger partial charge is 0.338 e. The Bertz CT molecular complexity index is 487. The molecule has 0 saturated heterocycles. The van der Waals surface area contributed by atoms with Crippen molar-refractivity contribution in [1.82, 2.24) is 10.1 Å². The number of aromatic nitrogens is 2. The van der Waals surface area contributed by atoms with E-state index >= 15 is 0 Å². The normalized spacial score (nSPS) is 16.8. The first kappa shape index (κ1) is 14.1. The SMILES string of the molecule is CC(c1noc(C(N)C(C)(C)C)n1)S(C)(=O)=O. The molecule has 0 aliphatic rings. The van der Waals surface area contributed by atoms with E-state index in [1.54, 1.807) is 0 Å². The van der Waals surface area contributed by atoms with Gasteiger partial charge in [-0.3, -0.25) is 0 Å². The molecule has 0 radical (unpaired) electrons. The van der Waals surface area contributed by atoms with E-state index in [1.807, 2.05) is 20.8 Å². The molecule has 6 nitrogen and oxygen atoms in total. The molecular formula is C10H19N3O3S. The van der Waals surface area contributed by atoms with Crippen LogP contribution in [0.25, 0.3) is 0 Å². The van der Waals surface area contributed by atoms with Crippen molar-refractivity contribution < 1.29 is 12.9 Å². The van der Waals surface area contributed by atoms with Crippen molar-refractivity contribution in [2.45, 2.75) is 39.0 Å². The first-order valence-electron chi connectivity index (χ1n) is 5.31. The fourth-order valence-corrected chi connectivity index (χ4v) is 1.58. The summed E-state index contributed by atoms with van der Waals surface area (Å²) in [4.78, 5) is 4.06. The molecule has 7 heteroatoms. The van der Waals surface area contributed by atoms with Crippen LogP contribution in [-0.2, 0) is 9.84 Å². The van der Waals surface area contributed by atoms with Gasteiger partial charge in [-0.25, -0.2) is 8.42 Å². The lowest BCUT2D eigenvalue weighted by atomic mass is 9.87. The van der Waals surface area contributed by atoms with Gasteiger partial charge in [0.15, 0.2) is 15.7 Å². The van der Waals surface area contributed by atoms with Gasteiger partial charge in [0.2, 0.25) is 5.89 Å². The number of hydrogen-bond donors (Lipinski definition) is 1. The van der Waals surface area contributed by atoms with E-state index in [1.165, 1.54) is 6.92 Å². The molecule has 17 heavy (non-hydrogen) atoms. The second kappa shape index (κ2) is 4.38. The summed E-state index contributed by atoms with van der Waals surface area (Å²) in [5.74, 6) is 0.421. The summed E-state index contributed by atoms with van der Waals surface area (Å²) in [6.07, 6.45) is 1.14. The predicted octanol–water partition coefficient (Wildman–Crippen LogP) is 1.22. The Morgan fingerprint density at radius 1 is 1.35 bits per heavy atom. The molecule has 98 valence electrons. The maximum atomic E-state index is 11.4. The van der Waals surface area contributed by atoms with E-state index in [9.17, 15) is 8.42 Å². The Kier molecular flexibility index (Phi) is 3.63. The molecule has 1 aromatic heterocycles. The van der Waals surface area contributed by atoms with E-state index < -0.39 is 21.1 Å². The van der Waals surface area contributed by atoms with Crippen molar-refractivity contribution in [1.29, 1.82) is 0 Å². The quantitative estimate of drug-likeness (QED) is 0.878. The number of rotatable bonds is 3.